The molecule has 0 aromatic carbocycles. The van der Waals surface area contributed by atoms with Gasteiger partial charge in [-0.3, -0.25) is 9.36 Å². The summed E-state index contributed by atoms with van der Waals surface area (Å²) in [5.74, 6) is 1.02. The molecule has 0 bridgehead atoms. The second kappa shape index (κ2) is 4.71. The molecule has 0 unspecified atom stereocenters. The molecule has 100 valence electrons. The quantitative estimate of drug-likeness (QED) is 0.771. The van der Waals surface area contributed by atoms with Crippen molar-refractivity contribution in [3.05, 3.63) is 13.9 Å². The Morgan fingerprint density at radius 1 is 1.33 bits per heavy atom. The van der Waals surface area contributed by atoms with Crippen molar-refractivity contribution in [2.24, 2.45) is 12.5 Å². The fraction of sp³-hybridized carbons (Fsp3) is 0.667. The van der Waals surface area contributed by atoms with Crippen LogP contribution in [0.3, 0.4) is 0 Å². The van der Waals surface area contributed by atoms with Crippen LogP contribution >= 0.6 is 22.6 Å². The standard InChI is InChI=1S/C12H19IN4O/c1-12(2)4-6-17(7-5-12)11-15-9(14)8(13)10(18)16(11)3/h4-7,14H2,1-3H3. The number of nitrogen functional groups attached to an aromatic ring is 1. The summed E-state index contributed by atoms with van der Waals surface area (Å²) in [5.41, 5.74) is 6.10. The molecule has 5 nitrogen and oxygen atoms in total. The molecular formula is C12H19IN4O. The van der Waals surface area contributed by atoms with Gasteiger partial charge < -0.3 is 10.6 Å². The molecule has 0 aliphatic carbocycles. The van der Waals surface area contributed by atoms with Gasteiger partial charge in [-0.15, -0.1) is 0 Å². The fourth-order valence-corrected chi connectivity index (χ4v) is 2.66. The Labute approximate surface area is 121 Å². The first-order valence-electron chi connectivity index (χ1n) is 6.09. The van der Waals surface area contributed by atoms with Gasteiger partial charge in [-0.05, 0) is 40.8 Å². The second-order valence-corrected chi connectivity index (χ2v) is 6.71. The summed E-state index contributed by atoms with van der Waals surface area (Å²) in [5, 5.41) is 0. The highest BCUT2D eigenvalue weighted by atomic mass is 127. The molecule has 1 aromatic rings. The van der Waals surface area contributed by atoms with E-state index in [1.54, 1.807) is 11.6 Å². The van der Waals surface area contributed by atoms with Crippen LogP contribution in [-0.4, -0.2) is 22.6 Å². The van der Waals surface area contributed by atoms with E-state index in [1.807, 2.05) is 22.6 Å². The van der Waals surface area contributed by atoms with Gasteiger partial charge in [0.25, 0.3) is 5.56 Å². The predicted molar refractivity (Wildman–Crippen MR) is 81.8 cm³/mol. The van der Waals surface area contributed by atoms with Crippen LogP contribution in [0.2, 0.25) is 0 Å². The van der Waals surface area contributed by atoms with E-state index in [4.69, 9.17) is 5.73 Å². The summed E-state index contributed by atoms with van der Waals surface area (Å²) >= 11 is 1.95. The number of piperidine rings is 1. The Balaban J connectivity index is 2.33. The molecule has 2 N–H and O–H groups in total. The molecule has 0 radical (unpaired) electrons. The third kappa shape index (κ3) is 2.48. The average molecular weight is 362 g/mol. The molecule has 1 aliphatic rings. The zero-order chi connectivity index (χ0) is 13.5. The third-order valence-corrected chi connectivity index (χ3v) is 4.65. The number of hydrogen-bond acceptors (Lipinski definition) is 4. The van der Waals surface area contributed by atoms with Crippen molar-refractivity contribution in [2.45, 2.75) is 26.7 Å². The monoisotopic (exact) mass is 362 g/mol. The van der Waals surface area contributed by atoms with Crippen LogP contribution in [0.15, 0.2) is 4.79 Å². The molecule has 0 amide bonds. The van der Waals surface area contributed by atoms with E-state index in [0.29, 0.717) is 20.8 Å². The van der Waals surface area contributed by atoms with Gasteiger partial charge in [0.1, 0.15) is 9.39 Å². The molecule has 0 spiro atoms. The first-order chi connectivity index (χ1) is 8.32. The Morgan fingerprint density at radius 2 is 1.89 bits per heavy atom. The summed E-state index contributed by atoms with van der Waals surface area (Å²) in [6.07, 6.45) is 2.21. The number of aromatic nitrogens is 2. The summed E-state index contributed by atoms with van der Waals surface area (Å²) in [6, 6.07) is 0. The topological polar surface area (TPSA) is 64.2 Å². The van der Waals surface area contributed by atoms with Gasteiger partial charge in [-0.1, -0.05) is 13.8 Å². The highest BCUT2D eigenvalue weighted by Crippen LogP contribution is 2.31. The molecule has 6 heteroatoms. The Hall–Kier alpha value is -0.790. The summed E-state index contributed by atoms with van der Waals surface area (Å²) in [7, 11) is 1.76. The fourth-order valence-electron chi connectivity index (χ4n) is 2.17. The molecule has 1 fully saturated rings. The smallest absolute Gasteiger partial charge is 0.270 e. The molecule has 0 atom stereocenters. The lowest BCUT2D eigenvalue weighted by atomic mass is 9.83. The molecule has 2 rings (SSSR count). The van der Waals surface area contributed by atoms with Crippen molar-refractivity contribution in [3.63, 3.8) is 0 Å². The van der Waals surface area contributed by atoms with Crippen LogP contribution in [0.4, 0.5) is 11.8 Å². The van der Waals surface area contributed by atoms with Crippen molar-refractivity contribution >= 4 is 34.4 Å². The van der Waals surface area contributed by atoms with E-state index in [-0.39, 0.29) is 5.56 Å². The lowest BCUT2D eigenvalue weighted by Gasteiger charge is -2.37. The molecule has 1 aromatic heterocycles. The van der Waals surface area contributed by atoms with E-state index in [0.717, 1.165) is 25.9 Å². The van der Waals surface area contributed by atoms with E-state index < -0.39 is 0 Å². The number of hydrogen-bond donors (Lipinski definition) is 1. The maximum atomic E-state index is 12.0. The third-order valence-electron chi connectivity index (χ3n) is 3.64. The summed E-state index contributed by atoms with van der Waals surface area (Å²) in [6.45, 7) is 6.40. The molecule has 2 heterocycles. The molecule has 1 aliphatic heterocycles. The summed E-state index contributed by atoms with van der Waals surface area (Å²) in [4.78, 5) is 18.5. The largest absolute Gasteiger partial charge is 0.383 e. The minimum atomic E-state index is -0.0667. The second-order valence-electron chi connectivity index (χ2n) is 5.63. The Bertz CT molecular complexity index is 514. The van der Waals surface area contributed by atoms with Gasteiger partial charge in [0.05, 0.1) is 0 Å². The van der Waals surface area contributed by atoms with Gasteiger partial charge in [-0.25, -0.2) is 0 Å². The van der Waals surface area contributed by atoms with Crippen LogP contribution in [0, 0.1) is 8.99 Å². The van der Waals surface area contributed by atoms with Gasteiger partial charge in [-0.2, -0.15) is 4.98 Å². The lowest BCUT2D eigenvalue weighted by Crippen LogP contribution is -2.41. The van der Waals surface area contributed by atoms with Crippen LogP contribution < -0.4 is 16.2 Å². The molecule has 1 saturated heterocycles. The Kier molecular flexibility index (Phi) is 3.57. The zero-order valence-corrected chi connectivity index (χ0v) is 13.2. The van der Waals surface area contributed by atoms with Crippen LogP contribution in [-0.2, 0) is 7.05 Å². The van der Waals surface area contributed by atoms with Crippen LogP contribution in [0.25, 0.3) is 0 Å². The van der Waals surface area contributed by atoms with Gasteiger partial charge in [0, 0.05) is 20.1 Å². The number of rotatable bonds is 1. The van der Waals surface area contributed by atoms with Crippen LogP contribution in [0.5, 0.6) is 0 Å². The number of halogens is 1. The Morgan fingerprint density at radius 3 is 2.44 bits per heavy atom. The van der Waals surface area contributed by atoms with Gasteiger partial charge in [0.2, 0.25) is 5.95 Å². The van der Waals surface area contributed by atoms with Crippen molar-refractivity contribution < 1.29 is 0 Å². The van der Waals surface area contributed by atoms with Crippen molar-refractivity contribution in [1.82, 2.24) is 9.55 Å². The van der Waals surface area contributed by atoms with Crippen molar-refractivity contribution in [1.29, 1.82) is 0 Å². The zero-order valence-electron chi connectivity index (χ0n) is 11.0. The number of nitrogens with two attached hydrogens (primary N) is 1. The van der Waals surface area contributed by atoms with Gasteiger partial charge >= 0.3 is 0 Å². The molecule has 18 heavy (non-hydrogen) atoms. The van der Waals surface area contributed by atoms with Crippen molar-refractivity contribution in [3.8, 4) is 0 Å². The van der Waals surface area contributed by atoms with Gasteiger partial charge in [0.15, 0.2) is 0 Å². The average Bonchev–Trinajstić information content (AvgIpc) is 2.32. The van der Waals surface area contributed by atoms with E-state index in [9.17, 15) is 4.79 Å². The maximum absolute atomic E-state index is 12.0. The van der Waals surface area contributed by atoms with E-state index >= 15 is 0 Å². The van der Waals surface area contributed by atoms with Crippen molar-refractivity contribution in [2.75, 3.05) is 23.7 Å². The first-order valence-corrected chi connectivity index (χ1v) is 7.17. The number of nitrogens with zero attached hydrogens (tertiary/aromatic N) is 3. The first kappa shape index (κ1) is 13.6. The highest BCUT2D eigenvalue weighted by molar-refractivity contribution is 14.1. The maximum Gasteiger partial charge on any atom is 0.270 e. The number of anilines is 2. The minimum absolute atomic E-state index is 0.0667. The highest BCUT2D eigenvalue weighted by Gasteiger charge is 2.27. The predicted octanol–water partition coefficient (Wildman–Crippen LogP) is 1.59. The lowest BCUT2D eigenvalue weighted by molar-refractivity contribution is 0.277. The van der Waals surface area contributed by atoms with E-state index in [2.05, 4.69) is 23.7 Å². The normalized spacial score (nSPS) is 19.0. The van der Waals surface area contributed by atoms with Crippen LogP contribution in [0.1, 0.15) is 26.7 Å². The molecule has 0 saturated carbocycles. The summed E-state index contributed by atoms with van der Waals surface area (Å²) < 4.78 is 2.09. The van der Waals surface area contributed by atoms with E-state index in [1.165, 1.54) is 0 Å². The molecular weight excluding hydrogens is 343 g/mol. The minimum Gasteiger partial charge on any atom is -0.383 e. The SMILES string of the molecule is Cn1c(N2CCC(C)(C)CC2)nc(N)c(I)c1=O.